The Balaban J connectivity index is 1.14. The first-order valence-electron chi connectivity index (χ1n) is 15.4. The van der Waals surface area contributed by atoms with Crippen LogP contribution >= 0.6 is 11.3 Å². The molecule has 6 rings (SSSR count). The van der Waals surface area contributed by atoms with Crippen LogP contribution in [0.15, 0.2) is 66.2 Å². The number of nitrogens with two attached hydrogens (primary N) is 1. The molecule has 0 atom stereocenters. The Kier molecular flexibility index (Phi) is 9.23. The van der Waals surface area contributed by atoms with Crippen LogP contribution in [0.1, 0.15) is 35.3 Å². The molecule has 4 heterocycles. The van der Waals surface area contributed by atoms with E-state index >= 15 is 0 Å². The summed E-state index contributed by atoms with van der Waals surface area (Å²) in [5.41, 5.74) is 11.4. The van der Waals surface area contributed by atoms with Crippen molar-refractivity contribution < 1.29 is 19.4 Å². The molecule has 1 fully saturated rings. The normalized spacial score (nSPS) is 14.3. The molecule has 0 saturated carbocycles. The summed E-state index contributed by atoms with van der Waals surface area (Å²) in [6, 6.07) is 15.5. The molecule has 1 saturated heterocycles. The van der Waals surface area contributed by atoms with Gasteiger partial charge in [-0.2, -0.15) is 0 Å². The third kappa shape index (κ3) is 6.56. The van der Waals surface area contributed by atoms with Crippen LogP contribution in [0, 0.1) is 5.92 Å². The topological polar surface area (TPSA) is 138 Å². The number of hydrogen-bond acceptors (Lipinski definition) is 8. The number of ether oxygens (including phenoxy) is 1. The predicted octanol–water partition coefficient (Wildman–Crippen LogP) is 5.35. The molecule has 0 spiro atoms. The summed E-state index contributed by atoms with van der Waals surface area (Å²) in [5, 5.41) is 20.0. The molecule has 5 aromatic rings. The van der Waals surface area contributed by atoms with Crippen LogP contribution in [-0.4, -0.2) is 59.7 Å². The van der Waals surface area contributed by atoms with Crippen LogP contribution in [0.5, 0.6) is 5.75 Å². The smallest absolute Gasteiger partial charge is 0.272 e. The minimum Gasteiger partial charge on any atom is -0.530 e. The Morgan fingerprint density at radius 3 is 2.74 bits per heavy atom. The monoisotopic (exact) mass is 637 g/mol. The zero-order valence-corrected chi connectivity index (χ0v) is 26.7. The molecule has 1 aliphatic rings. The van der Waals surface area contributed by atoms with Crippen molar-refractivity contribution in [3.8, 4) is 16.9 Å². The number of benzene rings is 2. The number of aryl methyl sites for hydroxylation is 1. The second-order valence-electron chi connectivity index (χ2n) is 11.6. The number of rotatable bonds is 10. The fraction of sp³-hybridized carbons (Fsp3) is 0.286. The van der Waals surface area contributed by atoms with E-state index in [1.54, 1.807) is 18.4 Å². The minimum atomic E-state index is -1.20. The van der Waals surface area contributed by atoms with Gasteiger partial charge >= 0.3 is 0 Å². The number of carbonyl (C=O) groups excluding carboxylic acids is 2. The Labute approximate surface area is 271 Å². The summed E-state index contributed by atoms with van der Waals surface area (Å²) in [7, 11) is 3.47. The molecular formula is C35H37N6O4S-. The van der Waals surface area contributed by atoms with Crippen LogP contribution in [0.4, 0.5) is 16.3 Å². The van der Waals surface area contributed by atoms with Crippen molar-refractivity contribution in [2.75, 3.05) is 44.3 Å². The number of likely N-dealkylation sites (tertiary alicyclic amines) is 1. The van der Waals surface area contributed by atoms with Crippen molar-refractivity contribution in [1.82, 2.24) is 19.8 Å². The maximum Gasteiger partial charge on any atom is 0.272 e. The number of hydrogen-bond donors (Lipinski definition) is 3. The van der Waals surface area contributed by atoms with Crippen molar-refractivity contribution in [1.29, 1.82) is 0 Å². The Morgan fingerprint density at radius 1 is 1.17 bits per heavy atom. The average Bonchev–Trinajstić information content (AvgIpc) is 3.66. The molecular weight excluding hydrogens is 600 g/mol. The summed E-state index contributed by atoms with van der Waals surface area (Å²) in [6.07, 6.45) is 7.75. The molecule has 4 N–H and O–H groups in total. The molecule has 0 bridgehead atoms. The standard InChI is InChI=1S/C35H38N6O4S/c1-40-28-9-4-3-7-24(28)17-29(40)34(42)39-27-11-10-23(18-30(27)45-2)26-21-46-32-25(20-37-33(36)31(26)32)8-5-6-14-41-15-12-22(13-16-41)19-38-35(43)44/h3-5,7-11,17-18,20-22,38H,6,12-16,19H2,1-2H3,(H2,36,37)(H,39,42)(H,43,44)/p-1/b8-5+. The predicted molar refractivity (Wildman–Crippen MR) is 183 cm³/mol. The lowest BCUT2D eigenvalue weighted by molar-refractivity contribution is -0.251. The van der Waals surface area contributed by atoms with Gasteiger partial charge in [0, 0.05) is 58.5 Å². The number of nitrogen functional groups attached to an aromatic ring is 1. The number of anilines is 2. The number of pyridine rings is 1. The molecule has 2 amide bonds. The minimum absolute atomic E-state index is 0.217. The summed E-state index contributed by atoms with van der Waals surface area (Å²) in [4.78, 5) is 30.8. The highest BCUT2D eigenvalue weighted by atomic mass is 32.1. The number of nitrogens with zero attached hydrogens (tertiary/aromatic N) is 3. The molecule has 11 heteroatoms. The van der Waals surface area contributed by atoms with Crippen LogP contribution in [0.25, 0.3) is 38.2 Å². The Bertz CT molecular complexity index is 1920. The first kappa shape index (κ1) is 31.1. The van der Waals surface area contributed by atoms with Gasteiger partial charge in [0.25, 0.3) is 5.91 Å². The SMILES string of the molecule is COc1cc(-c2csc3c(/C=C/CCN4CCC(CNC(=O)[O-])CC4)cnc(N)c23)ccc1NC(=O)c1cc2ccccc2n1C. The molecule has 3 aromatic heterocycles. The van der Waals surface area contributed by atoms with Gasteiger partial charge in [0.15, 0.2) is 0 Å². The first-order chi connectivity index (χ1) is 22.3. The van der Waals surface area contributed by atoms with Crippen molar-refractivity contribution in [2.45, 2.75) is 19.3 Å². The number of carboxylic acid groups (broad SMARTS) is 1. The maximum atomic E-state index is 13.3. The van der Waals surface area contributed by atoms with Crippen molar-refractivity contribution in [3.63, 3.8) is 0 Å². The van der Waals surface area contributed by atoms with E-state index in [2.05, 4.69) is 38.0 Å². The number of amides is 2. The number of piperidine rings is 1. The van der Waals surface area contributed by atoms with Gasteiger partial charge in [0.2, 0.25) is 0 Å². The zero-order chi connectivity index (χ0) is 32.2. The lowest BCUT2D eigenvalue weighted by Gasteiger charge is -2.31. The second-order valence-corrected chi connectivity index (χ2v) is 12.5. The summed E-state index contributed by atoms with van der Waals surface area (Å²) < 4.78 is 8.66. The van der Waals surface area contributed by atoms with E-state index in [-0.39, 0.29) is 5.91 Å². The van der Waals surface area contributed by atoms with Gasteiger partial charge in [0.1, 0.15) is 23.4 Å². The van der Waals surface area contributed by atoms with Gasteiger partial charge in [-0.05, 0) is 73.5 Å². The summed E-state index contributed by atoms with van der Waals surface area (Å²) in [5.74, 6) is 1.17. The maximum absolute atomic E-state index is 13.3. The number of thiophene rings is 1. The van der Waals surface area contributed by atoms with E-state index in [4.69, 9.17) is 10.5 Å². The first-order valence-corrected chi connectivity index (χ1v) is 16.2. The highest BCUT2D eigenvalue weighted by molar-refractivity contribution is 7.18. The molecule has 2 aromatic carbocycles. The third-order valence-corrected chi connectivity index (χ3v) is 9.78. The van der Waals surface area contributed by atoms with E-state index < -0.39 is 6.09 Å². The lowest BCUT2D eigenvalue weighted by Crippen LogP contribution is -2.42. The third-order valence-electron chi connectivity index (χ3n) is 8.75. The van der Waals surface area contributed by atoms with Crippen LogP contribution in [0.2, 0.25) is 0 Å². The van der Waals surface area contributed by atoms with Crippen LogP contribution < -0.4 is 26.2 Å². The van der Waals surface area contributed by atoms with Gasteiger partial charge in [-0.15, -0.1) is 11.3 Å². The number of aromatic nitrogens is 2. The molecule has 1 aliphatic heterocycles. The van der Waals surface area contributed by atoms with E-state index in [9.17, 15) is 14.7 Å². The van der Waals surface area contributed by atoms with E-state index in [1.165, 1.54) is 0 Å². The molecule has 238 valence electrons. The number of methoxy groups -OCH3 is 1. The number of carbonyl (C=O) groups is 2. The molecule has 10 nitrogen and oxygen atoms in total. The average molecular weight is 638 g/mol. The molecule has 46 heavy (non-hydrogen) atoms. The van der Waals surface area contributed by atoms with Gasteiger partial charge in [0.05, 0.1) is 12.8 Å². The van der Waals surface area contributed by atoms with E-state index in [0.29, 0.717) is 35.4 Å². The highest BCUT2D eigenvalue weighted by Gasteiger charge is 2.20. The van der Waals surface area contributed by atoms with Crippen molar-refractivity contribution in [3.05, 3.63) is 77.4 Å². The highest BCUT2D eigenvalue weighted by Crippen LogP contribution is 2.41. The van der Waals surface area contributed by atoms with Gasteiger partial charge in [-0.25, -0.2) is 4.98 Å². The fourth-order valence-electron chi connectivity index (χ4n) is 6.18. The largest absolute Gasteiger partial charge is 0.530 e. The quantitative estimate of drug-likeness (QED) is 0.188. The number of para-hydroxylation sites is 1. The summed E-state index contributed by atoms with van der Waals surface area (Å²) in [6.45, 7) is 3.34. The van der Waals surface area contributed by atoms with Gasteiger partial charge < -0.3 is 40.5 Å². The van der Waals surface area contributed by atoms with Gasteiger partial charge in [-0.1, -0.05) is 36.4 Å². The molecule has 0 unspecified atom stereocenters. The Morgan fingerprint density at radius 2 is 1.98 bits per heavy atom. The molecule has 0 radical (unpaired) electrons. The molecule has 0 aliphatic carbocycles. The van der Waals surface area contributed by atoms with Crippen molar-refractivity contribution >= 4 is 61.9 Å². The van der Waals surface area contributed by atoms with Crippen molar-refractivity contribution in [2.24, 2.45) is 13.0 Å². The summed E-state index contributed by atoms with van der Waals surface area (Å²) >= 11 is 1.62. The van der Waals surface area contributed by atoms with E-state index in [0.717, 1.165) is 76.6 Å². The van der Waals surface area contributed by atoms with Crippen LogP contribution in [0.3, 0.4) is 0 Å². The van der Waals surface area contributed by atoms with Crippen LogP contribution in [-0.2, 0) is 7.05 Å². The fourth-order valence-corrected chi connectivity index (χ4v) is 7.26. The zero-order valence-electron chi connectivity index (χ0n) is 25.9. The lowest BCUT2D eigenvalue weighted by atomic mass is 9.97. The van der Waals surface area contributed by atoms with Gasteiger partial charge in [-0.3, -0.25) is 4.79 Å². The number of fused-ring (bicyclic) bond motifs is 2. The van der Waals surface area contributed by atoms with E-state index in [1.807, 2.05) is 66.3 Å². The second kappa shape index (κ2) is 13.6. The Hall–Kier alpha value is -4.87. The number of nitrogens with one attached hydrogen (secondary N) is 2.